The molecule has 2 N–H and O–H groups in total. The van der Waals surface area contributed by atoms with E-state index in [4.69, 9.17) is 28.9 Å². The van der Waals surface area contributed by atoms with Crippen LogP contribution in [0.3, 0.4) is 0 Å². The summed E-state index contributed by atoms with van der Waals surface area (Å²) < 4.78 is 0.654. The molecule has 0 saturated carbocycles. The van der Waals surface area contributed by atoms with E-state index >= 15 is 0 Å². The molecular formula is C6H4BrCl2N. The molecule has 0 aliphatic rings. The molecule has 4 heteroatoms. The van der Waals surface area contributed by atoms with Crippen LogP contribution < -0.4 is 5.73 Å². The fourth-order valence-corrected chi connectivity index (χ4v) is 1.32. The van der Waals surface area contributed by atoms with E-state index in [-0.39, 0.29) is 0 Å². The minimum atomic E-state index is 0.481. The number of anilines is 1. The molecule has 54 valence electrons. The van der Waals surface area contributed by atoms with E-state index in [1.165, 1.54) is 0 Å². The van der Waals surface area contributed by atoms with Gasteiger partial charge < -0.3 is 5.73 Å². The highest BCUT2D eigenvalue weighted by Gasteiger charge is 2.03. The van der Waals surface area contributed by atoms with Crippen molar-refractivity contribution in [3.63, 3.8) is 0 Å². The van der Waals surface area contributed by atoms with Crippen LogP contribution in [-0.4, -0.2) is 0 Å². The highest BCUT2D eigenvalue weighted by Crippen LogP contribution is 2.33. The van der Waals surface area contributed by atoms with Gasteiger partial charge in [0.2, 0.25) is 0 Å². The van der Waals surface area contributed by atoms with Crippen LogP contribution in [0.5, 0.6) is 0 Å². The molecule has 0 amide bonds. The van der Waals surface area contributed by atoms with E-state index in [1.54, 1.807) is 12.1 Å². The normalized spacial score (nSPS) is 9.90. The molecule has 0 aromatic heterocycles. The molecule has 1 aromatic rings. The first-order chi connectivity index (χ1) is 4.63. The first-order valence-electron chi connectivity index (χ1n) is 2.52. The summed E-state index contributed by atoms with van der Waals surface area (Å²) in [5.74, 6) is 0. The van der Waals surface area contributed by atoms with Gasteiger partial charge in [-0.1, -0.05) is 23.2 Å². The lowest BCUT2D eigenvalue weighted by Crippen LogP contribution is -1.87. The van der Waals surface area contributed by atoms with E-state index in [0.29, 0.717) is 20.2 Å². The van der Waals surface area contributed by atoms with Crippen LogP contribution in [0.15, 0.2) is 16.6 Å². The van der Waals surface area contributed by atoms with Crippen molar-refractivity contribution in [2.24, 2.45) is 0 Å². The van der Waals surface area contributed by atoms with Gasteiger partial charge in [0.05, 0.1) is 20.2 Å². The van der Waals surface area contributed by atoms with Gasteiger partial charge in [-0.2, -0.15) is 0 Å². The van der Waals surface area contributed by atoms with Crippen molar-refractivity contribution in [3.8, 4) is 0 Å². The number of benzene rings is 1. The molecule has 0 unspecified atom stereocenters. The Labute approximate surface area is 77.2 Å². The second-order valence-corrected chi connectivity index (χ2v) is 3.36. The summed E-state index contributed by atoms with van der Waals surface area (Å²) in [6, 6.07) is 3.34. The summed E-state index contributed by atoms with van der Waals surface area (Å²) >= 11 is 14.6. The van der Waals surface area contributed by atoms with Crippen molar-refractivity contribution in [1.82, 2.24) is 0 Å². The van der Waals surface area contributed by atoms with Gasteiger partial charge in [0.15, 0.2) is 0 Å². The van der Waals surface area contributed by atoms with Gasteiger partial charge in [-0.25, -0.2) is 0 Å². The van der Waals surface area contributed by atoms with Crippen LogP contribution in [0.1, 0.15) is 0 Å². The van der Waals surface area contributed by atoms with Gasteiger partial charge in [0.25, 0.3) is 0 Å². The van der Waals surface area contributed by atoms with Crippen LogP contribution >= 0.6 is 39.1 Å². The van der Waals surface area contributed by atoms with Crippen LogP contribution in [0.2, 0.25) is 10.0 Å². The zero-order valence-corrected chi connectivity index (χ0v) is 7.96. The topological polar surface area (TPSA) is 26.0 Å². The molecule has 0 atom stereocenters. The first-order valence-corrected chi connectivity index (χ1v) is 4.07. The molecule has 1 rings (SSSR count). The summed E-state index contributed by atoms with van der Waals surface area (Å²) in [5.41, 5.74) is 6.00. The highest BCUT2D eigenvalue weighted by molar-refractivity contribution is 9.10. The van der Waals surface area contributed by atoms with Crippen molar-refractivity contribution >= 4 is 44.8 Å². The van der Waals surface area contributed by atoms with E-state index in [0.717, 1.165) is 0 Å². The summed E-state index contributed by atoms with van der Waals surface area (Å²) in [6.45, 7) is 0. The van der Waals surface area contributed by atoms with Gasteiger partial charge >= 0.3 is 0 Å². The van der Waals surface area contributed by atoms with Gasteiger partial charge in [-0.05, 0) is 28.1 Å². The second-order valence-electron chi connectivity index (χ2n) is 1.76. The minimum Gasteiger partial charge on any atom is -0.397 e. The minimum absolute atomic E-state index is 0.481. The number of hydrogen-bond donors (Lipinski definition) is 1. The second kappa shape index (κ2) is 2.99. The van der Waals surface area contributed by atoms with Crippen molar-refractivity contribution in [2.45, 2.75) is 0 Å². The molecule has 0 aliphatic carbocycles. The Morgan fingerprint density at radius 1 is 1.20 bits per heavy atom. The third-order valence-corrected chi connectivity index (χ3v) is 2.81. The maximum Gasteiger partial charge on any atom is 0.0663 e. The zero-order valence-electron chi connectivity index (χ0n) is 4.87. The Hall–Kier alpha value is 0.0800. The average Bonchev–Trinajstić information content (AvgIpc) is 1.93. The molecule has 0 spiro atoms. The van der Waals surface area contributed by atoms with E-state index in [1.807, 2.05) is 0 Å². The van der Waals surface area contributed by atoms with Crippen molar-refractivity contribution < 1.29 is 0 Å². The van der Waals surface area contributed by atoms with Crippen molar-refractivity contribution in [3.05, 3.63) is 26.7 Å². The van der Waals surface area contributed by atoms with Crippen molar-refractivity contribution in [2.75, 3.05) is 5.73 Å². The molecule has 0 radical (unpaired) electrons. The third-order valence-electron chi connectivity index (χ3n) is 1.08. The predicted octanol–water partition coefficient (Wildman–Crippen LogP) is 3.34. The lowest BCUT2D eigenvalue weighted by Gasteiger charge is -2.01. The third kappa shape index (κ3) is 1.39. The lowest BCUT2D eigenvalue weighted by atomic mass is 10.3. The van der Waals surface area contributed by atoms with E-state index in [9.17, 15) is 0 Å². The molecule has 0 bridgehead atoms. The number of hydrogen-bond acceptors (Lipinski definition) is 1. The monoisotopic (exact) mass is 239 g/mol. The fourth-order valence-electron chi connectivity index (χ4n) is 0.543. The summed E-state index contributed by atoms with van der Waals surface area (Å²) in [7, 11) is 0. The quantitative estimate of drug-likeness (QED) is 0.547. The number of halogens is 3. The summed E-state index contributed by atoms with van der Waals surface area (Å²) in [5, 5.41) is 1.08. The van der Waals surface area contributed by atoms with Crippen LogP contribution in [0.25, 0.3) is 0 Å². The molecule has 0 heterocycles. The van der Waals surface area contributed by atoms with Gasteiger partial charge in [-0.15, -0.1) is 0 Å². The Morgan fingerprint density at radius 2 is 1.70 bits per heavy atom. The van der Waals surface area contributed by atoms with Crippen LogP contribution in [0.4, 0.5) is 5.69 Å². The van der Waals surface area contributed by atoms with Crippen LogP contribution in [-0.2, 0) is 0 Å². The molecule has 1 nitrogen and oxygen atoms in total. The first kappa shape index (κ1) is 8.18. The lowest BCUT2D eigenvalue weighted by molar-refractivity contribution is 1.63. The fraction of sp³-hybridized carbons (Fsp3) is 0. The maximum absolute atomic E-state index is 5.70. The maximum atomic E-state index is 5.70. The summed E-state index contributed by atoms with van der Waals surface area (Å²) in [4.78, 5) is 0. The standard InChI is InChI=1S/C6H4BrCl2N/c7-5-3(8)1-2-4(9)6(5)10/h1-2H,10H2. The SMILES string of the molecule is Nc1c(Cl)ccc(Cl)c1Br. The number of nitrogen functional groups attached to an aromatic ring is 1. The Kier molecular flexibility index (Phi) is 2.45. The number of nitrogens with two attached hydrogens (primary N) is 1. The van der Waals surface area contributed by atoms with Gasteiger partial charge in [0, 0.05) is 0 Å². The predicted molar refractivity (Wildman–Crippen MR) is 48.6 cm³/mol. The summed E-state index contributed by atoms with van der Waals surface area (Å²) in [6.07, 6.45) is 0. The smallest absolute Gasteiger partial charge is 0.0663 e. The molecule has 0 saturated heterocycles. The molecular weight excluding hydrogens is 237 g/mol. The average molecular weight is 241 g/mol. The Morgan fingerprint density at radius 3 is 2.20 bits per heavy atom. The number of rotatable bonds is 0. The van der Waals surface area contributed by atoms with Gasteiger partial charge in [-0.3, -0.25) is 0 Å². The van der Waals surface area contributed by atoms with E-state index < -0.39 is 0 Å². The Bertz CT molecular complexity index is 235. The molecule has 1 aromatic carbocycles. The molecule has 10 heavy (non-hydrogen) atoms. The highest BCUT2D eigenvalue weighted by atomic mass is 79.9. The largest absolute Gasteiger partial charge is 0.397 e. The zero-order chi connectivity index (χ0) is 7.72. The van der Waals surface area contributed by atoms with E-state index in [2.05, 4.69) is 15.9 Å². The van der Waals surface area contributed by atoms with Crippen molar-refractivity contribution in [1.29, 1.82) is 0 Å². The molecule has 0 aliphatic heterocycles. The molecule has 0 fully saturated rings. The Balaban J connectivity index is 3.34. The van der Waals surface area contributed by atoms with Crippen LogP contribution in [0, 0.1) is 0 Å². The van der Waals surface area contributed by atoms with Gasteiger partial charge in [0.1, 0.15) is 0 Å².